The van der Waals surface area contributed by atoms with Gasteiger partial charge in [-0.2, -0.15) is 0 Å². The molecule has 2 unspecified atom stereocenters. The second kappa shape index (κ2) is 5.17. The number of piperidine rings is 1. The first kappa shape index (κ1) is 13.5. The molecule has 0 aromatic carbocycles. The Labute approximate surface area is 99.6 Å². The van der Waals surface area contributed by atoms with Gasteiger partial charge in [-0.1, -0.05) is 6.92 Å². The van der Waals surface area contributed by atoms with Gasteiger partial charge in [0.2, 0.25) is 5.91 Å². The third-order valence-electron chi connectivity index (χ3n) is 4.18. The van der Waals surface area contributed by atoms with Crippen LogP contribution in [0.15, 0.2) is 0 Å². The molecule has 1 aliphatic heterocycles. The van der Waals surface area contributed by atoms with Gasteiger partial charge < -0.3 is 10.2 Å². The minimum Gasteiger partial charge on any atom is -0.340 e. The molecule has 1 fully saturated rings. The van der Waals surface area contributed by atoms with Gasteiger partial charge in [-0.15, -0.1) is 0 Å². The fourth-order valence-corrected chi connectivity index (χ4v) is 2.17. The summed E-state index contributed by atoms with van der Waals surface area (Å²) in [6, 6.07) is 0.316. The fourth-order valence-electron chi connectivity index (χ4n) is 2.17. The highest BCUT2D eigenvalue weighted by atomic mass is 16.2. The molecular formula is C13H26N2O. The van der Waals surface area contributed by atoms with Gasteiger partial charge in [0.15, 0.2) is 0 Å². The highest BCUT2D eigenvalue weighted by molar-refractivity contribution is 5.80. The molecule has 94 valence electrons. The van der Waals surface area contributed by atoms with Gasteiger partial charge in [0.1, 0.15) is 0 Å². The Morgan fingerprint density at radius 1 is 1.50 bits per heavy atom. The van der Waals surface area contributed by atoms with Crippen LogP contribution in [-0.4, -0.2) is 36.0 Å². The summed E-state index contributed by atoms with van der Waals surface area (Å²) in [4.78, 5) is 14.3. The molecule has 1 heterocycles. The normalized spacial score (nSPS) is 26.6. The van der Waals surface area contributed by atoms with Gasteiger partial charge in [-0.05, 0) is 46.6 Å². The summed E-state index contributed by atoms with van der Waals surface area (Å²) in [6.45, 7) is 9.56. The van der Waals surface area contributed by atoms with Crippen LogP contribution in [0.5, 0.6) is 0 Å². The molecule has 3 nitrogen and oxygen atoms in total. The van der Waals surface area contributed by atoms with E-state index >= 15 is 0 Å². The number of hydrogen-bond acceptors (Lipinski definition) is 2. The maximum absolute atomic E-state index is 12.4. The summed E-state index contributed by atoms with van der Waals surface area (Å²) in [6.07, 6.45) is 3.13. The third-order valence-corrected chi connectivity index (χ3v) is 4.18. The van der Waals surface area contributed by atoms with Crippen LogP contribution < -0.4 is 5.32 Å². The van der Waals surface area contributed by atoms with Gasteiger partial charge in [0, 0.05) is 18.6 Å². The summed E-state index contributed by atoms with van der Waals surface area (Å²) in [5, 5.41) is 3.39. The minimum atomic E-state index is -0.0335. The van der Waals surface area contributed by atoms with E-state index in [-0.39, 0.29) is 11.5 Å². The SMILES string of the molecule is CCC(C)(C)N(C)C(=O)C1CCCNC1C. The molecule has 1 aliphatic rings. The predicted octanol–water partition coefficient (Wildman–Crippen LogP) is 2.02. The molecular weight excluding hydrogens is 200 g/mol. The summed E-state index contributed by atoms with van der Waals surface area (Å²) < 4.78 is 0. The van der Waals surface area contributed by atoms with Crippen LogP contribution in [-0.2, 0) is 4.79 Å². The van der Waals surface area contributed by atoms with Crippen molar-refractivity contribution in [3.8, 4) is 0 Å². The van der Waals surface area contributed by atoms with E-state index in [1.165, 1.54) is 0 Å². The van der Waals surface area contributed by atoms with Crippen molar-refractivity contribution in [3.05, 3.63) is 0 Å². The van der Waals surface area contributed by atoms with Gasteiger partial charge in [-0.25, -0.2) is 0 Å². The highest BCUT2D eigenvalue weighted by Gasteiger charge is 2.34. The highest BCUT2D eigenvalue weighted by Crippen LogP contribution is 2.24. The Kier molecular flexibility index (Phi) is 4.36. The molecule has 1 N–H and O–H groups in total. The summed E-state index contributed by atoms with van der Waals surface area (Å²) in [5.74, 6) is 0.455. The van der Waals surface area contributed by atoms with Crippen molar-refractivity contribution in [1.29, 1.82) is 0 Å². The number of carbonyl (C=O) groups excluding carboxylic acids is 1. The van der Waals surface area contributed by atoms with Crippen molar-refractivity contribution in [2.24, 2.45) is 5.92 Å². The molecule has 0 spiro atoms. The average Bonchev–Trinajstić information content (AvgIpc) is 2.27. The van der Waals surface area contributed by atoms with E-state index in [0.29, 0.717) is 11.9 Å². The number of nitrogens with zero attached hydrogens (tertiary/aromatic N) is 1. The van der Waals surface area contributed by atoms with Gasteiger partial charge in [0.05, 0.1) is 5.92 Å². The van der Waals surface area contributed by atoms with Crippen LogP contribution in [0.2, 0.25) is 0 Å². The third kappa shape index (κ3) is 2.76. The Balaban J connectivity index is 2.69. The van der Waals surface area contributed by atoms with E-state index in [9.17, 15) is 4.79 Å². The Morgan fingerprint density at radius 2 is 2.12 bits per heavy atom. The van der Waals surface area contributed by atoms with E-state index < -0.39 is 0 Å². The zero-order valence-corrected chi connectivity index (χ0v) is 11.3. The van der Waals surface area contributed by atoms with Gasteiger partial charge in [-0.3, -0.25) is 4.79 Å². The lowest BCUT2D eigenvalue weighted by Gasteiger charge is -2.40. The second-order valence-corrected chi connectivity index (χ2v) is 5.55. The molecule has 3 heteroatoms. The number of nitrogens with one attached hydrogen (secondary N) is 1. The van der Waals surface area contributed by atoms with Crippen molar-refractivity contribution in [2.45, 2.75) is 58.5 Å². The van der Waals surface area contributed by atoms with Gasteiger partial charge >= 0.3 is 0 Å². The molecule has 2 atom stereocenters. The van der Waals surface area contributed by atoms with Crippen LogP contribution in [0.4, 0.5) is 0 Å². The average molecular weight is 226 g/mol. The summed E-state index contributed by atoms with van der Waals surface area (Å²) in [7, 11) is 1.94. The Hall–Kier alpha value is -0.570. The first-order chi connectivity index (χ1) is 7.40. The number of amides is 1. The topological polar surface area (TPSA) is 32.3 Å². The zero-order valence-electron chi connectivity index (χ0n) is 11.3. The first-order valence-electron chi connectivity index (χ1n) is 6.41. The second-order valence-electron chi connectivity index (χ2n) is 5.55. The lowest BCUT2D eigenvalue weighted by Crippen LogP contribution is -2.52. The number of hydrogen-bond donors (Lipinski definition) is 1. The Morgan fingerprint density at radius 3 is 2.62 bits per heavy atom. The van der Waals surface area contributed by atoms with Crippen molar-refractivity contribution in [2.75, 3.05) is 13.6 Å². The smallest absolute Gasteiger partial charge is 0.227 e. The van der Waals surface area contributed by atoms with Gasteiger partial charge in [0.25, 0.3) is 0 Å². The molecule has 1 amide bonds. The number of carbonyl (C=O) groups is 1. The maximum Gasteiger partial charge on any atom is 0.227 e. The first-order valence-corrected chi connectivity index (χ1v) is 6.41. The molecule has 16 heavy (non-hydrogen) atoms. The standard InChI is InChI=1S/C13H26N2O/c1-6-13(3,4)15(5)12(16)11-8-7-9-14-10(11)2/h10-11,14H,6-9H2,1-5H3. The lowest BCUT2D eigenvalue weighted by molar-refractivity contribution is -0.140. The Bertz CT molecular complexity index is 246. The van der Waals surface area contributed by atoms with Crippen molar-refractivity contribution in [1.82, 2.24) is 10.2 Å². The molecule has 0 aromatic heterocycles. The van der Waals surface area contributed by atoms with Crippen molar-refractivity contribution < 1.29 is 4.79 Å². The molecule has 0 aromatic rings. The van der Waals surface area contributed by atoms with E-state index in [0.717, 1.165) is 25.8 Å². The molecule has 1 saturated heterocycles. The van der Waals surface area contributed by atoms with Crippen LogP contribution in [0.3, 0.4) is 0 Å². The van der Waals surface area contributed by atoms with Crippen LogP contribution in [0.1, 0.15) is 47.0 Å². The quantitative estimate of drug-likeness (QED) is 0.798. The van der Waals surface area contributed by atoms with Crippen molar-refractivity contribution in [3.63, 3.8) is 0 Å². The number of rotatable bonds is 3. The van der Waals surface area contributed by atoms with Crippen LogP contribution in [0.25, 0.3) is 0 Å². The van der Waals surface area contributed by atoms with Crippen LogP contribution in [0, 0.1) is 5.92 Å². The fraction of sp³-hybridized carbons (Fsp3) is 0.923. The molecule has 1 rings (SSSR count). The van der Waals surface area contributed by atoms with Crippen LogP contribution >= 0.6 is 0 Å². The molecule has 0 radical (unpaired) electrons. The lowest BCUT2D eigenvalue weighted by atomic mass is 9.88. The van der Waals surface area contributed by atoms with E-state index in [1.54, 1.807) is 0 Å². The summed E-state index contributed by atoms with van der Waals surface area (Å²) in [5.41, 5.74) is -0.0335. The predicted molar refractivity (Wildman–Crippen MR) is 67.3 cm³/mol. The van der Waals surface area contributed by atoms with E-state index in [2.05, 4.69) is 33.0 Å². The van der Waals surface area contributed by atoms with Crippen molar-refractivity contribution >= 4 is 5.91 Å². The monoisotopic (exact) mass is 226 g/mol. The largest absolute Gasteiger partial charge is 0.340 e. The molecule has 0 saturated carbocycles. The maximum atomic E-state index is 12.4. The van der Waals surface area contributed by atoms with E-state index in [4.69, 9.17) is 0 Å². The molecule has 0 aliphatic carbocycles. The summed E-state index contributed by atoms with van der Waals surface area (Å²) >= 11 is 0. The minimum absolute atomic E-state index is 0.0335. The molecule has 0 bridgehead atoms. The zero-order chi connectivity index (χ0) is 12.3. The van der Waals surface area contributed by atoms with E-state index in [1.807, 2.05) is 11.9 Å².